The molecule has 1 atom stereocenters. The Balaban J connectivity index is 1.69. The number of hydrogen-bond acceptors (Lipinski definition) is 3. The van der Waals surface area contributed by atoms with Gasteiger partial charge in [-0.2, -0.15) is 0 Å². The highest BCUT2D eigenvalue weighted by Crippen LogP contribution is 2.26. The minimum absolute atomic E-state index is 0.00222. The normalized spacial score (nSPS) is 15.9. The van der Waals surface area contributed by atoms with Crippen LogP contribution in [0.5, 0.6) is 5.75 Å². The van der Waals surface area contributed by atoms with E-state index >= 15 is 0 Å². The van der Waals surface area contributed by atoms with Gasteiger partial charge in [0.05, 0.1) is 13.0 Å². The number of fused-ring (bicyclic) bond motifs is 1. The summed E-state index contributed by atoms with van der Waals surface area (Å²) in [5.41, 5.74) is 1.01. The Labute approximate surface area is 160 Å². The number of carbonyl (C=O) groups excluding carboxylic acids is 2. The second-order valence-corrected chi connectivity index (χ2v) is 7.50. The highest BCUT2D eigenvalue weighted by atomic mass is 16.5. The second-order valence-electron chi connectivity index (χ2n) is 7.50. The van der Waals surface area contributed by atoms with Gasteiger partial charge in [-0.25, -0.2) is 0 Å². The summed E-state index contributed by atoms with van der Waals surface area (Å²) in [6.07, 6.45) is 0. The van der Waals surface area contributed by atoms with Gasteiger partial charge in [0.25, 0.3) is 0 Å². The first-order chi connectivity index (χ1) is 12.9. The van der Waals surface area contributed by atoms with Gasteiger partial charge >= 0.3 is 0 Å². The zero-order valence-corrected chi connectivity index (χ0v) is 16.6. The van der Waals surface area contributed by atoms with Crippen molar-refractivity contribution < 1.29 is 14.3 Å². The van der Waals surface area contributed by atoms with Crippen LogP contribution >= 0.6 is 0 Å². The summed E-state index contributed by atoms with van der Waals surface area (Å²) in [6, 6.07) is 12.1. The molecular weight excluding hydrogens is 340 g/mol. The smallest absolute Gasteiger partial charge is 0.229 e. The molecule has 2 amide bonds. The van der Waals surface area contributed by atoms with E-state index in [1.54, 1.807) is 7.11 Å². The van der Waals surface area contributed by atoms with Crippen LogP contribution in [0.3, 0.4) is 0 Å². The average Bonchev–Trinajstić information content (AvgIpc) is 2.71. The lowest BCUT2D eigenvalue weighted by molar-refractivity contribution is -0.142. The second kappa shape index (κ2) is 7.99. The molecule has 1 heterocycles. The maximum absolute atomic E-state index is 12.9. The Hall–Kier alpha value is -2.56. The molecule has 3 rings (SSSR count). The predicted octanol–water partition coefficient (Wildman–Crippen LogP) is 3.28. The maximum Gasteiger partial charge on any atom is 0.229 e. The van der Waals surface area contributed by atoms with Gasteiger partial charge < -0.3 is 14.5 Å². The van der Waals surface area contributed by atoms with Crippen molar-refractivity contribution in [3.63, 3.8) is 0 Å². The van der Waals surface area contributed by atoms with Gasteiger partial charge in [-0.15, -0.1) is 0 Å². The van der Waals surface area contributed by atoms with E-state index in [0.717, 1.165) is 22.1 Å². The molecule has 1 fully saturated rings. The van der Waals surface area contributed by atoms with E-state index in [2.05, 4.69) is 6.07 Å². The fourth-order valence-corrected chi connectivity index (χ4v) is 3.57. The van der Waals surface area contributed by atoms with Crippen molar-refractivity contribution in [3.8, 4) is 5.75 Å². The maximum atomic E-state index is 12.9. The van der Waals surface area contributed by atoms with Crippen molar-refractivity contribution in [2.24, 2.45) is 5.92 Å². The molecule has 0 N–H and O–H groups in total. The van der Waals surface area contributed by atoms with Crippen LogP contribution < -0.4 is 4.74 Å². The van der Waals surface area contributed by atoms with Crippen molar-refractivity contribution in [3.05, 3.63) is 42.0 Å². The van der Waals surface area contributed by atoms with Crippen molar-refractivity contribution in [1.82, 2.24) is 9.80 Å². The number of hydrogen-bond donors (Lipinski definition) is 0. The standard InChI is InChI=1S/C22H28N2O3/c1-15(2)21(25)23-9-11-24(12-10-23)22(26)16(3)17-5-6-19-14-20(27-4)8-7-18(19)13-17/h5-8,13-16H,9-12H2,1-4H3/t16-/m0/s1. The van der Waals surface area contributed by atoms with Crippen LogP contribution in [0.15, 0.2) is 36.4 Å². The summed E-state index contributed by atoms with van der Waals surface area (Å²) in [5.74, 6) is 0.916. The number of carbonyl (C=O) groups is 2. The third-order valence-electron chi connectivity index (χ3n) is 5.34. The molecule has 0 unspecified atom stereocenters. The van der Waals surface area contributed by atoms with Gasteiger partial charge in [0.2, 0.25) is 11.8 Å². The zero-order chi connectivity index (χ0) is 19.6. The molecule has 0 aromatic heterocycles. The van der Waals surface area contributed by atoms with Crippen molar-refractivity contribution >= 4 is 22.6 Å². The van der Waals surface area contributed by atoms with Crippen LogP contribution in [0.4, 0.5) is 0 Å². The Morgan fingerprint density at radius 2 is 1.41 bits per heavy atom. The number of amides is 2. The Bertz CT molecular complexity index is 839. The summed E-state index contributed by atoms with van der Waals surface area (Å²) < 4.78 is 5.27. The third kappa shape index (κ3) is 4.07. The van der Waals surface area contributed by atoms with E-state index in [1.807, 2.05) is 60.9 Å². The number of benzene rings is 2. The van der Waals surface area contributed by atoms with Crippen molar-refractivity contribution in [2.75, 3.05) is 33.3 Å². The summed E-state index contributed by atoms with van der Waals surface area (Å²) in [5, 5.41) is 2.19. The van der Waals surface area contributed by atoms with E-state index < -0.39 is 0 Å². The summed E-state index contributed by atoms with van der Waals surface area (Å²) >= 11 is 0. The Morgan fingerprint density at radius 1 is 0.852 bits per heavy atom. The topological polar surface area (TPSA) is 49.9 Å². The van der Waals surface area contributed by atoms with E-state index in [0.29, 0.717) is 26.2 Å². The molecule has 144 valence electrons. The van der Waals surface area contributed by atoms with Crippen molar-refractivity contribution in [2.45, 2.75) is 26.7 Å². The molecule has 2 aromatic rings. The first-order valence-corrected chi connectivity index (χ1v) is 9.56. The number of nitrogens with zero attached hydrogens (tertiary/aromatic N) is 2. The molecule has 0 spiro atoms. The lowest BCUT2D eigenvalue weighted by Crippen LogP contribution is -2.52. The fourth-order valence-electron chi connectivity index (χ4n) is 3.57. The van der Waals surface area contributed by atoms with E-state index in [1.165, 1.54) is 0 Å². The van der Waals surface area contributed by atoms with Gasteiger partial charge in [-0.05, 0) is 35.4 Å². The lowest BCUT2D eigenvalue weighted by Gasteiger charge is -2.36. The molecule has 0 radical (unpaired) electrons. The fraction of sp³-hybridized carbons (Fsp3) is 0.455. The predicted molar refractivity (Wildman–Crippen MR) is 107 cm³/mol. The Morgan fingerprint density at radius 3 is 2.00 bits per heavy atom. The number of methoxy groups -OCH3 is 1. The van der Waals surface area contributed by atoms with Crippen LogP contribution in [0, 0.1) is 5.92 Å². The highest BCUT2D eigenvalue weighted by Gasteiger charge is 2.28. The van der Waals surface area contributed by atoms with E-state index in [4.69, 9.17) is 4.74 Å². The zero-order valence-electron chi connectivity index (χ0n) is 16.6. The molecule has 2 aromatic carbocycles. The first kappa shape index (κ1) is 19.2. The number of rotatable bonds is 4. The third-order valence-corrected chi connectivity index (χ3v) is 5.34. The average molecular weight is 368 g/mol. The van der Waals surface area contributed by atoms with Gasteiger partial charge in [-0.3, -0.25) is 9.59 Å². The molecule has 27 heavy (non-hydrogen) atoms. The largest absolute Gasteiger partial charge is 0.497 e. The van der Waals surface area contributed by atoms with E-state index in [9.17, 15) is 9.59 Å². The highest BCUT2D eigenvalue weighted by molar-refractivity contribution is 5.88. The van der Waals surface area contributed by atoms with Gasteiger partial charge in [0.15, 0.2) is 0 Å². The van der Waals surface area contributed by atoms with E-state index in [-0.39, 0.29) is 23.7 Å². The minimum Gasteiger partial charge on any atom is -0.497 e. The number of ether oxygens (including phenoxy) is 1. The summed E-state index contributed by atoms with van der Waals surface area (Å²) in [6.45, 7) is 8.23. The van der Waals surface area contributed by atoms with Crippen LogP contribution in [0.2, 0.25) is 0 Å². The van der Waals surface area contributed by atoms with Crippen LogP contribution in [0.1, 0.15) is 32.3 Å². The molecule has 0 aliphatic carbocycles. The molecular formula is C22H28N2O3. The molecule has 0 bridgehead atoms. The molecule has 1 saturated heterocycles. The molecule has 1 aliphatic rings. The number of piperazine rings is 1. The van der Waals surface area contributed by atoms with Crippen LogP contribution in [-0.4, -0.2) is 54.9 Å². The monoisotopic (exact) mass is 368 g/mol. The van der Waals surface area contributed by atoms with Crippen LogP contribution in [-0.2, 0) is 9.59 Å². The SMILES string of the molecule is COc1ccc2cc([C@H](C)C(=O)N3CCN(C(=O)C(C)C)CC3)ccc2c1. The molecule has 5 nitrogen and oxygen atoms in total. The van der Waals surface area contributed by atoms with Gasteiger partial charge in [-0.1, -0.05) is 38.1 Å². The Kier molecular flexibility index (Phi) is 5.68. The molecule has 5 heteroatoms. The van der Waals surface area contributed by atoms with Gasteiger partial charge in [0.1, 0.15) is 5.75 Å². The molecule has 0 saturated carbocycles. The lowest BCUT2D eigenvalue weighted by atomic mass is 9.96. The minimum atomic E-state index is -0.205. The van der Waals surface area contributed by atoms with Crippen molar-refractivity contribution in [1.29, 1.82) is 0 Å². The summed E-state index contributed by atoms with van der Waals surface area (Å²) in [7, 11) is 1.66. The molecule has 1 aliphatic heterocycles. The first-order valence-electron chi connectivity index (χ1n) is 9.56. The van der Waals surface area contributed by atoms with Gasteiger partial charge in [0, 0.05) is 32.1 Å². The summed E-state index contributed by atoms with van der Waals surface area (Å²) in [4.78, 5) is 28.8. The van der Waals surface area contributed by atoms with Crippen LogP contribution in [0.25, 0.3) is 10.8 Å². The quantitative estimate of drug-likeness (QED) is 0.832.